The normalized spacial score (nSPS) is 22.3. The molecule has 5 rings (SSSR count). The van der Waals surface area contributed by atoms with Crippen molar-refractivity contribution < 1.29 is 59.6 Å². The molecule has 1 aliphatic rings. The smallest absolute Gasteiger partial charge is 0.304 e. The van der Waals surface area contributed by atoms with Gasteiger partial charge in [-0.3, -0.25) is 14.4 Å². The summed E-state index contributed by atoms with van der Waals surface area (Å²) in [7, 11) is 1.65. The lowest BCUT2D eigenvalue weighted by atomic mass is 9.95. The summed E-state index contributed by atoms with van der Waals surface area (Å²) in [6.45, 7) is 9.63. The van der Waals surface area contributed by atoms with Crippen LogP contribution in [0.3, 0.4) is 0 Å². The second-order valence-electron chi connectivity index (χ2n) is 10.2. The van der Waals surface area contributed by atoms with Gasteiger partial charge in [-0.2, -0.15) is 4.57 Å². The molecule has 1 N–H and O–H groups in total. The Morgan fingerprint density at radius 3 is 2.12 bits per heavy atom. The third-order valence-electron chi connectivity index (χ3n) is 7.49. The first-order valence-corrected chi connectivity index (χ1v) is 13.1. The molecule has 2 aromatic heterocycles. The van der Waals surface area contributed by atoms with Crippen LogP contribution >= 0.6 is 0 Å². The number of esters is 3. The van der Waals surface area contributed by atoms with Gasteiger partial charge in [0, 0.05) is 48.5 Å². The van der Waals surface area contributed by atoms with Crippen LogP contribution in [0.15, 0.2) is 36.7 Å². The van der Waals surface area contributed by atoms with Crippen molar-refractivity contribution in [1.82, 2.24) is 4.98 Å². The number of halogens is 1. The van der Waals surface area contributed by atoms with E-state index in [0.717, 1.165) is 49.5 Å². The largest absolute Gasteiger partial charge is 1.00 e. The Hall–Kier alpha value is -3.70. The monoisotopic (exact) mass is 628 g/mol. The number of benzene rings is 2. The van der Waals surface area contributed by atoms with E-state index < -0.39 is 48.6 Å². The van der Waals surface area contributed by atoms with Gasteiger partial charge < -0.3 is 45.6 Å². The van der Waals surface area contributed by atoms with Crippen molar-refractivity contribution in [2.75, 3.05) is 7.11 Å². The fourth-order valence-corrected chi connectivity index (χ4v) is 5.76. The SMILES string of the molecule is COc1ccc2[nH]c3c(C)c4cc[n+]([C@@H]5O[C@H](C)[C@H](OC(C)=O)[C@H](OC(C)=O)[C@H]5OC(C)=O)cc4c(C)c3c2c1.[Br-]. The summed E-state index contributed by atoms with van der Waals surface area (Å²) >= 11 is 0. The van der Waals surface area contributed by atoms with Crippen LogP contribution in [0.1, 0.15) is 45.0 Å². The number of hydrogen-bond donors (Lipinski definition) is 1. The Balaban J connectivity index is 0.00000387. The molecule has 0 saturated carbocycles. The number of fused-ring (bicyclic) bond motifs is 4. The first-order chi connectivity index (χ1) is 19.0. The number of carbonyl (C=O) groups is 3. The quantitative estimate of drug-likeness (QED) is 0.198. The predicted octanol–water partition coefficient (Wildman–Crippen LogP) is 1.10. The van der Waals surface area contributed by atoms with Crippen LogP contribution < -0.4 is 26.3 Å². The highest BCUT2D eigenvalue weighted by Gasteiger charge is 2.54. The number of methoxy groups -OCH3 is 1. The Morgan fingerprint density at radius 1 is 0.854 bits per heavy atom. The zero-order chi connectivity index (χ0) is 28.9. The number of pyridine rings is 1. The molecular weight excluding hydrogens is 596 g/mol. The molecule has 0 aliphatic carbocycles. The number of aryl methyl sites for hydroxylation is 2. The van der Waals surface area contributed by atoms with E-state index in [1.54, 1.807) is 18.6 Å². The summed E-state index contributed by atoms with van der Waals surface area (Å²) in [5.74, 6) is -0.989. The van der Waals surface area contributed by atoms with Crippen molar-refractivity contribution in [3.63, 3.8) is 0 Å². The fourth-order valence-electron chi connectivity index (χ4n) is 5.76. The van der Waals surface area contributed by atoms with E-state index in [1.807, 2.05) is 36.7 Å². The first kappa shape index (κ1) is 30.3. The summed E-state index contributed by atoms with van der Waals surface area (Å²) < 4.78 is 30.3. The van der Waals surface area contributed by atoms with Gasteiger partial charge in [0.25, 0.3) is 0 Å². The average molecular weight is 630 g/mol. The Labute approximate surface area is 247 Å². The number of H-pyrrole nitrogens is 1. The number of carbonyl (C=O) groups excluding carboxylic acids is 3. The number of ether oxygens (including phenoxy) is 5. The van der Waals surface area contributed by atoms with Crippen LogP contribution in [0.25, 0.3) is 32.6 Å². The van der Waals surface area contributed by atoms with E-state index in [4.69, 9.17) is 23.7 Å². The van der Waals surface area contributed by atoms with E-state index in [9.17, 15) is 14.4 Å². The average Bonchev–Trinajstić information content (AvgIpc) is 3.29. The molecule has 218 valence electrons. The van der Waals surface area contributed by atoms with Gasteiger partial charge in [0.1, 0.15) is 11.9 Å². The zero-order valence-electron chi connectivity index (χ0n) is 23.9. The van der Waals surface area contributed by atoms with E-state index in [0.29, 0.717) is 0 Å². The third kappa shape index (κ3) is 5.48. The fraction of sp³-hybridized carbons (Fsp3) is 0.400. The van der Waals surface area contributed by atoms with Crippen LogP contribution in [0.4, 0.5) is 0 Å². The third-order valence-corrected chi connectivity index (χ3v) is 7.49. The lowest BCUT2D eigenvalue weighted by molar-refractivity contribution is -0.776. The van der Waals surface area contributed by atoms with Crippen LogP contribution in [-0.2, 0) is 33.3 Å². The lowest BCUT2D eigenvalue weighted by Crippen LogP contribution is -3.00. The lowest BCUT2D eigenvalue weighted by Gasteiger charge is -2.41. The first-order valence-electron chi connectivity index (χ1n) is 13.1. The summed E-state index contributed by atoms with van der Waals surface area (Å²) in [5, 5.41) is 4.15. The van der Waals surface area contributed by atoms with Gasteiger partial charge in [-0.05, 0) is 55.5 Å². The van der Waals surface area contributed by atoms with E-state index in [-0.39, 0.29) is 17.0 Å². The highest BCUT2D eigenvalue weighted by Crippen LogP contribution is 2.38. The minimum absolute atomic E-state index is 0. The molecule has 1 aliphatic heterocycles. The van der Waals surface area contributed by atoms with Crippen LogP contribution in [-0.4, -0.2) is 54.4 Å². The number of aromatic nitrogens is 2. The molecule has 4 aromatic rings. The summed E-state index contributed by atoms with van der Waals surface area (Å²) in [5.41, 5.74) is 4.18. The second-order valence-corrected chi connectivity index (χ2v) is 10.2. The Bertz CT molecular complexity index is 1670. The van der Waals surface area contributed by atoms with Gasteiger partial charge in [-0.15, -0.1) is 0 Å². The molecule has 0 spiro atoms. The molecule has 0 unspecified atom stereocenters. The topological polar surface area (TPSA) is 117 Å². The van der Waals surface area contributed by atoms with E-state index in [1.165, 1.54) is 20.8 Å². The Kier molecular flexibility index (Phi) is 8.60. The van der Waals surface area contributed by atoms with Gasteiger partial charge in [-0.25, -0.2) is 0 Å². The molecule has 41 heavy (non-hydrogen) atoms. The van der Waals surface area contributed by atoms with Crippen molar-refractivity contribution in [1.29, 1.82) is 0 Å². The highest BCUT2D eigenvalue weighted by molar-refractivity contribution is 6.16. The molecule has 2 aromatic carbocycles. The van der Waals surface area contributed by atoms with Crippen molar-refractivity contribution in [2.24, 2.45) is 0 Å². The predicted molar refractivity (Wildman–Crippen MR) is 146 cm³/mol. The molecule has 10 nitrogen and oxygen atoms in total. The maximum absolute atomic E-state index is 12.2. The molecular formula is C30H33BrN2O8. The van der Waals surface area contributed by atoms with Crippen molar-refractivity contribution in [2.45, 2.75) is 72.2 Å². The minimum Gasteiger partial charge on any atom is -1.00 e. The molecule has 11 heteroatoms. The van der Waals surface area contributed by atoms with Crippen LogP contribution in [0.5, 0.6) is 5.75 Å². The van der Waals surface area contributed by atoms with Crippen LogP contribution in [0, 0.1) is 13.8 Å². The van der Waals surface area contributed by atoms with Gasteiger partial charge in [0.2, 0.25) is 6.10 Å². The van der Waals surface area contributed by atoms with E-state index >= 15 is 0 Å². The molecule has 1 fully saturated rings. The molecule has 1 saturated heterocycles. The van der Waals surface area contributed by atoms with Gasteiger partial charge >= 0.3 is 24.1 Å². The molecule has 5 atom stereocenters. The van der Waals surface area contributed by atoms with Crippen molar-refractivity contribution >= 4 is 50.5 Å². The zero-order valence-corrected chi connectivity index (χ0v) is 25.5. The number of nitrogens with one attached hydrogen (secondary N) is 1. The number of rotatable bonds is 5. The molecule has 0 radical (unpaired) electrons. The second kappa shape index (κ2) is 11.7. The molecule has 0 amide bonds. The molecule has 0 bridgehead atoms. The molecule has 3 heterocycles. The number of nitrogens with zero attached hydrogens (tertiary/aromatic N) is 1. The summed E-state index contributed by atoms with van der Waals surface area (Å²) in [6, 6.07) is 7.94. The highest BCUT2D eigenvalue weighted by atomic mass is 79.9. The summed E-state index contributed by atoms with van der Waals surface area (Å²) in [6.07, 6.45) is -0.857. The minimum atomic E-state index is -1.08. The van der Waals surface area contributed by atoms with E-state index in [2.05, 4.69) is 18.8 Å². The Morgan fingerprint density at radius 2 is 1.49 bits per heavy atom. The number of aromatic amines is 1. The number of hydrogen-bond acceptors (Lipinski definition) is 8. The standard InChI is InChI=1S/C30H32N2O8.BrH/c1-14-23-13-32(11-10-21(23)15(2)26-25(14)22-12-20(36-7)8-9-24(22)31-26)30-29(40-19(6)35)28(39-18(5)34)27(16(3)37-30)38-17(4)33;/h8-13,16,27-30H,1-7H3;1H/t16-,27+,28+,29-,30-;/m1./s1. The summed E-state index contributed by atoms with van der Waals surface area (Å²) in [4.78, 5) is 39.7. The van der Waals surface area contributed by atoms with Gasteiger partial charge in [-0.1, -0.05) is 0 Å². The maximum Gasteiger partial charge on any atom is 0.304 e. The van der Waals surface area contributed by atoms with Gasteiger partial charge in [0.15, 0.2) is 24.6 Å². The van der Waals surface area contributed by atoms with Crippen molar-refractivity contribution in [3.05, 3.63) is 47.8 Å². The maximum atomic E-state index is 12.2. The van der Waals surface area contributed by atoms with Gasteiger partial charge in [0.05, 0.1) is 12.6 Å². The van der Waals surface area contributed by atoms with Crippen molar-refractivity contribution in [3.8, 4) is 5.75 Å². The van der Waals surface area contributed by atoms with Crippen LogP contribution in [0.2, 0.25) is 0 Å².